The Morgan fingerprint density at radius 1 is 1.23 bits per heavy atom. The average Bonchev–Trinajstić information content (AvgIpc) is 2.45. The number of nitrogens with zero attached hydrogens (tertiary/aromatic N) is 1. The minimum atomic E-state index is -3.41. The summed E-state index contributed by atoms with van der Waals surface area (Å²) in [6.45, 7) is 4.73. The van der Waals surface area contributed by atoms with Gasteiger partial charge in [0.2, 0.25) is 10.0 Å². The zero-order valence-electron chi connectivity index (χ0n) is 13.4. The monoisotopic (exact) mass is 342 g/mol. The summed E-state index contributed by atoms with van der Waals surface area (Å²) in [7, 11) is -3.41. The van der Waals surface area contributed by atoms with Gasteiger partial charge in [0, 0.05) is 6.54 Å². The summed E-state index contributed by atoms with van der Waals surface area (Å²) in [5, 5.41) is 0. The molecule has 0 fully saturated rings. The van der Waals surface area contributed by atoms with Gasteiger partial charge in [0.15, 0.2) is 0 Å². The van der Waals surface area contributed by atoms with E-state index in [1.165, 1.54) is 4.31 Å². The molecule has 0 spiro atoms. The van der Waals surface area contributed by atoms with Gasteiger partial charge in [-0.2, -0.15) is 4.31 Å². The Hall–Kier alpha value is -0.980. The van der Waals surface area contributed by atoms with Gasteiger partial charge in [-0.05, 0) is 24.0 Å². The first kappa shape index (κ1) is 19.1. The number of rotatable bonds is 10. The van der Waals surface area contributed by atoms with Crippen LogP contribution in [0.2, 0.25) is 0 Å². The Kier molecular flexibility index (Phi) is 8.00. The molecule has 0 amide bonds. The Morgan fingerprint density at radius 3 is 2.50 bits per heavy atom. The lowest BCUT2D eigenvalue weighted by atomic mass is 10.1. The molecule has 124 valence electrons. The van der Waals surface area contributed by atoms with Crippen LogP contribution in [0.5, 0.6) is 0 Å². The number of hydrogen-bond donors (Lipinski definition) is 1. The molecule has 0 saturated heterocycles. The number of unbranched alkanes of at least 4 members (excludes halogenated alkanes) is 2. The van der Waals surface area contributed by atoms with Gasteiger partial charge in [-0.15, -0.1) is 0 Å². The summed E-state index contributed by atoms with van der Waals surface area (Å²) >= 11 is 4.90. The SMILES string of the molecule is CCCCCN(CC(N)=S)S(=O)(=O)Cc1cccc(CC)c1. The maximum atomic E-state index is 12.6. The van der Waals surface area contributed by atoms with E-state index in [1.54, 1.807) is 0 Å². The minimum absolute atomic E-state index is 0.00439. The highest BCUT2D eigenvalue weighted by Crippen LogP contribution is 2.14. The van der Waals surface area contributed by atoms with Crippen molar-refractivity contribution in [2.75, 3.05) is 13.1 Å². The van der Waals surface area contributed by atoms with Crippen LogP contribution in [0.4, 0.5) is 0 Å². The number of benzene rings is 1. The molecule has 0 aliphatic heterocycles. The summed E-state index contributed by atoms with van der Waals surface area (Å²) in [4.78, 5) is 0.211. The topological polar surface area (TPSA) is 63.4 Å². The highest BCUT2D eigenvalue weighted by atomic mass is 32.2. The smallest absolute Gasteiger partial charge is 0.218 e. The van der Waals surface area contributed by atoms with E-state index in [-0.39, 0.29) is 17.3 Å². The van der Waals surface area contributed by atoms with Crippen LogP contribution in [0.1, 0.15) is 44.2 Å². The zero-order chi connectivity index (χ0) is 16.6. The van der Waals surface area contributed by atoms with Crippen molar-refractivity contribution in [1.29, 1.82) is 0 Å². The molecule has 0 radical (unpaired) electrons. The van der Waals surface area contributed by atoms with Crippen molar-refractivity contribution < 1.29 is 8.42 Å². The van der Waals surface area contributed by atoms with Crippen LogP contribution in [0.3, 0.4) is 0 Å². The molecule has 0 heterocycles. The van der Waals surface area contributed by atoms with Crippen molar-refractivity contribution in [3.63, 3.8) is 0 Å². The van der Waals surface area contributed by atoms with Crippen LogP contribution in [0, 0.1) is 0 Å². The molecule has 6 heteroatoms. The lowest BCUT2D eigenvalue weighted by molar-refractivity contribution is 0.435. The summed E-state index contributed by atoms with van der Waals surface area (Å²) in [5.74, 6) is -0.00439. The lowest BCUT2D eigenvalue weighted by Crippen LogP contribution is -2.39. The Balaban J connectivity index is 2.87. The normalized spacial score (nSPS) is 11.8. The summed E-state index contributed by atoms with van der Waals surface area (Å²) < 4.78 is 26.7. The van der Waals surface area contributed by atoms with Crippen LogP contribution in [-0.2, 0) is 22.2 Å². The van der Waals surface area contributed by atoms with Crippen LogP contribution < -0.4 is 5.73 Å². The third-order valence-corrected chi connectivity index (χ3v) is 5.41. The van der Waals surface area contributed by atoms with E-state index in [9.17, 15) is 8.42 Å². The minimum Gasteiger partial charge on any atom is -0.392 e. The first-order valence-corrected chi connectivity index (χ1v) is 9.74. The molecule has 4 nitrogen and oxygen atoms in total. The molecule has 1 aromatic rings. The second-order valence-corrected chi connectivity index (χ2v) is 7.93. The summed E-state index contributed by atoms with van der Waals surface area (Å²) in [6.07, 6.45) is 3.75. The largest absolute Gasteiger partial charge is 0.392 e. The Bertz CT molecular complexity index is 586. The van der Waals surface area contributed by atoms with Crippen LogP contribution in [0.25, 0.3) is 0 Å². The number of sulfonamides is 1. The standard InChI is InChI=1S/C16H26N2O2S2/c1-3-5-6-10-18(12-16(17)21)22(19,20)13-15-9-7-8-14(4-2)11-15/h7-9,11H,3-6,10,12-13H2,1-2H3,(H2,17,21). The van der Waals surface area contributed by atoms with Crippen molar-refractivity contribution in [2.45, 2.75) is 45.3 Å². The maximum absolute atomic E-state index is 12.6. The fourth-order valence-electron chi connectivity index (χ4n) is 2.27. The van der Waals surface area contributed by atoms with Crippen molar-refractivity contribution in [3.8, 4) is 0 Å². The fourth-order valence-corrected chi connectivity index (χ4v) is 4.03. The summed E-state index contributed by atoms with van der Waals surface area (Å²) in [5.41, 5.74) is 7.51. The Morgan fingerprint density at radius 2 is 1.91 bits per heavy atom. The van der Waals surface area contributed by atoms with E-state index >= 15 is 0 Å². The molecule has 1 rings (SSSR count). The van der Waals surface area contributed by atoms with E-state index < -0.39 is 10.0 Å². The van der Waals surface area contributed by atoms with Gasteiger partial charge in [0.1, 0.15) is 0 Å². The van der Waals surface area contributed by atoms with E-state index in [1.807, 2.05) is 24.3 Å². The van der Waals surface area contributed by atoms with Gasteiger partial charge >= 0.3 is 0 Å². The quantitative estimate of drug-likeness (QED) is 0.524. The van der Waals surface area contributed by atoms with Crippen molar-refractivity contribution in [3.05, 3.63) is 35.4 Å². The average molecular weight is 343 g/mol. The van der Waals surface area contributed by atoms with Crippen molar-refractivity contribution in [1.82, 2.24) is 4.31 Å². The van der Waals surface area contributed by atoms with Gasteiger partial charge in [0.05, 0.1) is 17.3 Å². The van der Waals surface area contributed by atoms with Gasteiger partial charge in [0.25, 0.3) is 0 Å². The van der Waals surface area contributed by atoms with Gasteiger partial charge in [-0.3, -0.25) is 0 Å². The van der Waals surface area contributed by atoms with Gasteiger partial charge in [-0.25, -0.2) is 8.42 Å². The number of thiocarbonyl (C=S) groups is 1. The van der Waals surface area contributed by atoms with E-state index in [2.05, 4.69) is 13.8 Å². The van der Waals surface area contributed by atoms with Crippen LogP contribution in [0.15, 0.2) is 24.3 Å². The highest BCUT2D eigenvalue weighted by molar-refractivity contribution is 7.88. The third-order valence-electron chi connectivity index (χ3n) is 3.49. The zero-order valence-corrected chi connectivity index (χ0v) is 15.0. The molecule has 2 N–H and O–H groups in total. The van der Waals surface area contributed by atoms with E-state index in [0.29, 0.717) is 6.54 Å². The molecular formula is C16H26N2O2S2. The van der Waals surface area contributed by atoms with Crippen LogP contribution in [-0.4, -0.2) is 30.8 Å². The molecule has 1 aromatic carbocycles. The molecule has 0 aliphatic rings. The fraction of sp³-hybridized carbons (Fsp3) is 0.562. The van der Waals surface area contributed by atoms with Gasteiger partial charge in [-0.1, -0.05) is 63.2 Å². The van der Waals surface area contributed by atoms with E-state index in [4.69, 9.17) is 18.0 Å². The first-order valence-electron chi connectivity index (χ1n) is 7.73. The molecule has 0 saturated carbocycles. The molecule has 0 aromatic heterocycles. The second-order valence-electron chi connectivity index (χ2n) is 5.44. The number of hydrogen-bond acceptors (Lipinski definition) is 3. The predicted molar refractivity (Wildman–Crippen MR) is 96.3 cm³/mol. The van der Waals surface area contributed by atoms with Crippen molar-refractivity contribution in [2.24, 2.45) is 5.73 Å². The molecular weight excluding hydrogens is 316 g/mol. The van der Waals surface area contributed by atoms with E-state index in [0.717, 1.165) is 36.8 Å². The predicted octanol–water partition coefficient (Wildman–Crippen LogP) is 2.86. The number of aryl methyl sites for hydroxylation is 1. The van der Waals surface area contributed by atoms with Crippen molar-refractivity contribution >= 4 is 27.2 Å². The lowest BCUT2D eigenvalue weighted by Gasteiger charge is -2.21. The maximum Gasteiger partial charge on any atom is 0.218 e. The first-order chi connectivity index (χ1) is 10.4. The summed E-state index contributed by atoms with van der Waals surface area (Å²) in [6, 6.07) is 7.70. The molecule has 0 aliphatic carbocycles. The Labute approximate surface area is 139 Å². The molecule has 0 unspecified atom stereocenters. The van der Waals surface area contributed by atoms with Crippen LogP contribution >= 0.6 is 12.2 Å². The second kappa shape index (κ2) is 9.22. The highest BCUT2D eigenvalue weighted by Gasteiger charge is 2.22. The third kappa shape index (κ3) is 6.42. The van der Waals surface area contributed by atoms with Gasteiger partial charge < -0.3 is 5.73 Å². The molecule has 0 atom stereocenters. The molecule has 0 bridgehead atoms. The number of nitrogens with two attached hydrogens (primary N) is 1. The molecule has 22 heavy (non-hydrogen) atoms.